The third-order valence-corrected chi connectivity index (χ3v) is 7.05. The van der Waals surface area contributed by atoms with Crippen LogP contribution in [-0.2, 0) is 11.3 Å². The van der Waals surface area contributed by atoms with Crippen LogP contribution >= 0.6 is 39.1 Å². The molecule has 0 unspecified atom stereocenters. The summed E-state index contributed by atoms with van der Waals surface area (Å²) in [5.74, 6) is 1.34. The van der Waals surface area contributed by atoms with Crippen LogP contribution in [0.25, 0.3) is 11.3 Å². The Labute approximate surface area is 199 Å². The molecule has 162 valence electrons. The van der Waals surface area contributed by atoms with Crippen LogP contribution in [0.1, 0.15) is 42.9 Å². The standard InChI is InChI=1S/C23H22BrCl2N3O2/c24-20-7-6-15(12-27-20)29-10-8-16(9-11-29)30-13-17-22(28-31-23(17)14-4-5-14)21-18(25)2-1-3-19(21)26/h1-3,6-7,12,14,16H,4-5,8-11,13H2. The van der Waals surface area contributed by atoms with Crippen molar-refractivity contribution in [1.82, 2.24) is 10.1 Å². The van der Waals surface area contributed by atoms with Crippen molar-refractivity contribution >= 4 is 44.8 Å². The highest BCUT2D eigenvalue weighted by Gasteiger charge is 2.34. The quantitative estimate of drug-likeness (QED) is 0.330. The van der Waals surface area contributed by atoms with E-state index in [9.17, 15) is 0 Å². The second kappa shape index (κ2) is 9.10. The first-order valence-electron chi connectivity index (χ1n) is 10.5. The maximum Gasteiger partial charge on any atom is 0.145 e. The van der Waals surface area contributed by atoms with Crippen molar-refractivity contribution < 1.29 is 9.26 Å². The van der Waals surface area contributed by atoms with E-state index in [1.54, 1.807) is 0 Å². The molecule has 0 amide bonds. The molecule has 3 aromatic rings. The zero-order valence-corrected chi connectivity index (χ0v) is 20.0. The SMILES string of the molecule is Clc1cccc(Cl)c1-c1noc(C2CC2)c1COC1CCN(c2ccc(Br)nc2)CC1. The summed E-state index contributed by atoms with van der Waals surface area (Å²) in [7, 11) is 0. The summed E-state index contributed by atoms with van der Waals surface area (Å²) in [5, 5.41) is 5.49. The zero-order chi connectivity index (χ0) is 21.4. The van der Waals surface area contributed by atoms with Gasteiger partial charge < -0.3 is 14.2 Å². The number of hydrogen-bond donors (Lipinski definition) is 0. The Morgan fingerprint density at radius 1 is 1.06 bits per heavy atom. The minimum atomic E-state index is 0.191. The first-order valence-corrected chi connectivity index (χ1v) is 12.1. The number of benzene rings is 1. The van der Waals surface area contributed by atoms with Crippen LogP contribution in [0.4, 0.5) is 5.69 Å². The number of piperidine rings is 1. The highest BCUT2D eigenvalue weighted by atomic mass is 79.9. The van der Waals surface area contributed by atoms with Gasteiger partial charge in [-0.2, -0.15) is 0 Å². The van der Waals surface area contributed by atoms with Gasteiger partial charge in [0.1, 0.15) is 16.1 Å². The van der Waals surface area contributed by atoms with E-state index in [2.05, 4.69) is 37.0 Å². The van der Waals surface area contributed by atoms with E-state index in [0.717, 1.165) is 66.0 Å². The smallest absolute Gasteiger partial charge is 0.145 e. The molecule has 1 aromatic carbocycles. The number of rotatable bonds is 6. The number of hydrogen-bond acceptors (Lipinski definition) is 5. The van der Waals surface area contributed by atoms with Gasteiger partial charge in [-0.15, -0.1) is 0 Å². The first-order chi connectivity index (χ1) is 15.1. The monoisotopic (exact) mass is 521 g/mol. The van der Waals surface area contributed by atoms with Crippen LogP contribution in [0.15, 0.2) is 45.7 Å². The molecule has 0 spiro atoms. The molecule has 2 aromatic heterocycles. The minimum absolute atomic E-state index is 0.191. The first kappa shape index (κ1) is 21.3. The number of nitrogens with zero attached hydrogens (tertiary/aromatic N) is 3. The molecule has 0 bridgehead atoms. The Morgan fingerprint density at radius 3 is 2.45 bits per heavy atom. The van der Waals surface area contributed by atoms with Crippen molar-refractivity contribution in [2.24, 2.45) is 0 Å². The van der Waals surface area contributed by atoms with Gasteiger partial charge in [0, 0.05) is 30.1 Å². The summed E-state index contributed by atoms with van der Waals surface area (Å²) in [6.07, 6.45) is 6.26. The molecule has 1 aliphatic carbocycles. The predicted molar refractivity (Wildman–Crippen MR) is 126 cm³/mol. The Kier molecular flexibility index (Phi) is 6.24. The topological polar surface area (TPSA) is 51.4 Å². The average Bonchev–Trinajstić information content (AvgIpc) is 3.54. The number of ether oxygens (including phenoxy) is 1. The molecule has 1 saturated heterocycles. The molecule has 31 heavy (non-hydrogen) atoms. The lowest BCUT2D eigenvalue weighted by Gasteiger charge is -2.33. The van der Waals surface area contributed by atoms with E-state index in [1.807, 2.05) is 30.5 Å². The van der Waals surface area contributed by atoms with Crippen molar-refractivity contribution in [3.05, 3.63) is 62.5 Å². The van der Waals surface area contributed by atoms with E-state index >= 15 is 0 Å². The lowest BCUT2D eigenvalue weighted by Crippen LogP contribution is -2.37. The number of pyridine rings is 1. The second-order valence-corrected chi connectivity index (χ2v) is 9.71. The van der Waals surface area contributed by atoms with E-state index < -0.39 is 0 Å². The van der Waals surface area contributed by atoms with Crippen LogP contribution in [-0.4, -0.2) is 29.3 Å². The molecule has 0 atom stereocenters. The van der Waals surface area contributed by atoms with E-state index in [-0.39, 0.29) is 6.10 Å². The van der Waals surface area contributed by atoms with Gasteiger partial charge >= 0.3 is 0 Å². The van der Waals surface area contributed by atoms with Gasteiger partial charge in [0.2, 0.25) is 0 Å². The van der Waals surface area contributed by atoms with Gasteiger partial charge in [-0.1, -0.05) is 34.4 Å². The summed E-state index contributed by atoms with van der Waals surface area (Å²) >= 11 is 16.3. The van der Waals surface area contributed by atoms with Crippen LogP contribution in [0.5, 0.6) is 0 Å². The van der Waals surface area contributed by atoms with Gasteiger partial charge in [-0.05, 0) is 65.9 Å². The normalized spacial score (nSPS) is 17.3. The van der Waals surface area contributed by atoms with Gasteiger partial charge in [-0.25, -0.2) is 4.98 Å². The molecule has 1 aliphatic heterocycles. The molecular weight excluding hydrogens is 501 g/mol. The molecule has 2 aliphatic rings. The zero-order valence-electron chi connectivity index (χ0n) is 16.9. The fourth-order valence-electron chi connectivity index (χ4n) is 4.09. The highest BCUT2D eigenvalue weighted by molar-refractivity contribution is 9.10. The summed E-state index contributed by atoms with van der Waals surface area (Å²) < 4.78 is 12.9. The Morgan fingerprint density at radius 2 is 1.81 bits per heavy atom. The van der Waals surface area contributed by atoms with Crippen molar-refractivity contribution in [1.29, 1.82) is 0 Å². The molecule has 2 fully saturated rings. The predicted octanol–water partition coefficient (Wildman–Crippen LogP) is 6.87. The summed E-state index contributed by atoms with van der Waals surface area (Å²) in [5.41, 5.74) is 3.55. The molecule has 8 heteroatoms. The molecule has 3 heterocycles. The molecule has 1 saturated carbocycles. The van der Waals surface area contributed by atoms with Crippen molar-refractivity contribution in [3.8, 4) is 11.3 Å². The van der Waals surface area contributed by atoms with Crippen LogP contribution in [0, 0.1) is 0 Å². The van der Waals surface area contributed by atoms with Crippen molar-refractivity contribution in [2.45, 2.75) is 44.3 Å². The van der Waals surface area contributed by atoms with Gasteiger partial charge in [0.25, 0.3) is 0 Å². The van der Waals surface area contributed by atoms with Crippen LogP contribution in [0.3, 0.4) is 0 Å². The van der Waals surface area contributed by atoms with Gasteiger partial charge in [0.15, 0.2) is 0 Å². The minimum Gasteiger partial charge on any atom is -0.373 e. The van der Waals surface area contributed by atoms with Crippen LogP contribution < -0.4 is 4.90 Å². The number of aromatic nitrogens is 2. The molecule has 0 N–H and O–H groups in total. The summed E-state index contributed by atoms with van der Waals surface area (Å²) in [6.45, 7) is 2.34. The molecule has 0 radical (unpaired) electrons. The molecular formula is C23H22BrCl2N3O2. The fraction of sp³-hybridized carbons (Fsp3) is 0.391. The number of halogens is 3. The molecule has 5 nitrogen and oxygen atoms in total. The average molecular weight is 523 g/mol. The third kappa shape index (κ3) is 4.63. The lowest BCUT2D eigenvalue weighted by molar-refractivity contribution is 0.0246. The van der Waals surface area contributed by atoms with E-state index in [1.165, 1.54) is 0 Å². The third-order valence-electron chi connectivity index (χ3n) is 5.95. The maximum absolute atomic E-state index is 6.45. The highest BCUT2D eigenvalue weighted by Crippen LogP contribution is 2.46. The van der Waals surface area contributed by atoms with Crippen LogP contribution in [0.2, 0.25) is 10.0 Å². The maximum atomic E-state index is 6.45. The van der Waals surface area contributed by atoms with Crippen molar-refractivity contribution in [2.75, 3.05) is 18.0 Å². The Bertz CT molecular complexity index is 1040. The van der Waals surface area contributed by atoms with Gasteiger partial charge in [0.05, 0.1) is 34.6 Å². The largest absolute Gasteiger partial charge is 0.373 e. The second-order valence-electron chi connectivity index (χ2n) is 8.08. The summed E-state index contributed by atoms with van der Waals surface area (Å²) in [6, 6.07) is 9.56. The Balaban J connectivity index is 1.29. The van der Waals surface area contributed by atoms with Gasteiger partial charge in [-0.3, -0.25) is 0 Å². The fourth-order valence-corrected chi connectivity index (χ4v) is 4.90. The summed E-state index contributed by atoms with van der Waals surface area (Å²) in [4.78, 5) is 6.68. The molecule has 5 rings (SSSR count). The van der Waals surface area contributed by atoms with E-state index in [0.29, 0.717) is 28.3 Å². The van der Waals surface area contributed by atoms with Crippen molar-refractivity contribution in [3.63, 3.8) is 0 Å². The van der Waals surface area contributed by atoms with E-state index in [4.69, 9.17) is 32.5 Å². The number of anilines is 1. The Hall–Kier alpha value is -1.60. The lowest BCUT2D eigenvalue weighted by atomic mass is 10.0.